The Morgan fingerprint density at radius 2 is 1.48 bits per heavy atom. The predicted molar refractivity (Wildman–Crippen MR) is 101 cm³/mol. The van der Waals surface area contributed by atoms with Crippen LogP contribution in [0.2, 0.25) is 0 Å². The molecule has 0 saturated carbocycles. The maximum atomic E-state index is 12.5. The lowest BCUT2D eigenvalue weighted by atomic mass is 9.79. The smallest absolute Gasteiger partial charge is 0.307 e. The molecule has 0 saturated heterocycles. The van der Waals surface area contributed by atoms with Crippen LogP contribution in [0.15, 0.2) is 24.3 Å². The molecule has 0 amide bonds. The molecule has 0 fully saturated rings. The highest BCUT2D eigenvalue weighted by Crippen LogP contribution is 2.30. The number of benzene rings is 1. The van der Waals surface area contributed by atoms with Crippen LogP contribution in [0.25, 0.3) is 0 Å². The second kappa shape index (κ2) is 9.93. The number of aryl methyl sites for hydroxylation is 1. The molecule has 0 aliphatic carbocycles. The standard InChI is InChI=1S/C21H34O4/c1-7-23-15-21(16-24-8-2,14-19(22)25-20(4,5)6)13-18-11-9-17(3)10-12-18/h9-12H,7-8,13-16H2,1-6H3. The fourth-order valence-corrected chi connectivity index (χ4v) is 2.77. The van der Waals surface area contributed by atoms with Crippen LogP contribution < -0.4 is 0 Å². The summed E-state index contributed by atoms with van der Waals surface area (Å²) in [6.45, 7) is 13.8. The minimum absolute atomic E-state index is 0.209. The zero-order valence-corrected chi connectivity index (χ0v) is 16.7. The van der Waals surface area contributed by atoms with Crippen molar-refractivity contribution in [2.45, 2.75) is 60.0 Å². The second-order valence-corrected chi connectivity index (χ2v) is 7.70. The molecular weight excluding hydrogens is 316 g/mol. The lowest BCUT2D eigenvalue weighted by Crippen LogP contribution is -2.39. The van der Waals surface area contributed by atoms with Crippen LogP contribution in [0.4, 0.5) is 0 Å². The summed E-state index contributed by atoms with van der Waals surface area (Å²) in [5, 5.41) is 0. The zero-order chi connectivity index (χ0) is 18.9. The molecule has 4 nitrogen and oxygen atoms in total. The molecule has 0 radical (unpaired) electrons. The molecule has 0 spiro atoms. The van der Waals surface area contributed by atoms with E-state index in [1.54, 1.807) is 0 Å². The quantitative estimate of drug-likeness (QED) is 0.589. The van der Waals surface area contributed by atoms with Crippen LogP contribution >= 0.6 is 0 Å². The van der Waals surface area contributed by atoms with E-state index in [2.05, 4.69) is 31.2 Å². The van der Waals surface area contributed by atoms with Gasteiger partial charge < -0.3 is 14.2 Å². The Morgan fingerprint density at radius 1 is 0.960 bits per heavy atom. The van der Waals surface area contributed by atoms with E-state index in [1.807, 2.05) is 34.6 Å². The SMILES string of the molecule is CCOCC(COCC)(CC(=O)OC(C)(C)C)Cc1ccc(C)cc1. The lowest BCUT2D eigenvalue weighted by Gasteiger charge is -2.33. The summed E-state index contributed by atoms with van der Waals surface area (Å²) in [6.07, 6.45) is 0.991. The minimum Gasteiger partial charge on any atom is -0.460 e. The van der Waals surface area contributed by atoms with E-state index in [1.165, 1.54) is 11.1 Å². The summed E-state index contributed by atoms with van der Waals surface area (Å²) in [6, 6.07) is 8.40. The first-order valence-corrected chi connectivity index (χ1v) is 9.12. The van der Waals surface area contributed by atoms with Crippen molar-refractivity contribution in [3.8, 4) is 0 Å². The highest BCUT2D eigenvalue weighted by atomic mass is 16.6. The van der Waals surface area contributed by atoms with Crippen molar-refractivity contribution in [1.29, 1.82) is 0 Å². The van der Waals surface area contributed by atoms with Gasteiger partial charge in [0.15, 0.2) is 0 Å². The fourth-order valence-electron chi connectivity index (χ4n) is 2.77. The summed E-state index contributed by atoms with van der Waals surface area (Å²) >= 11 is 0. The largest absolute Gasteiger partial charge is 0.460 e. The summed E-state index contributed by atoms with van der Waals surface area (Å²) in [7, 11) is 0. The first kappa shape index (κ1) is 21.7. The molecule has 142 valence electrons. The Labute approximate surface area is 152 Å². The van der Waals surface area contributed by atoms with Crippen molar-refractivity contribution in [3.05, 3.63) is 35.4 Å². The summed E-state index contributed by atoms with van der Waals surface area (Å²) < 4.78 is 17.0. The van der Waals surface area contributed by atoms with E-state index < -0.39 is 11.0 Å². The maximum absolute atomic E-state index is 12.5. The number of rotatable bonds is 10. The highest BCUT2D eigenvalue weighted by molar-refractivity contribution is 5.71. The normalized spacial score (nSPS) is 12.2. The number of hydrogen-bond acceptors (Lipinski definition) is 4. The number of esters is 1. The van der Waals surface area contributed by atoms with Gasteiger partial charge in [-0.1, -0.05) is 29.8 Å². The molecule has 0 aromatic heterocycles. The molecule has 0 aliphatic rings. The molecule has 4 heteroatoms. The van der Waals surface area contributed by atoms with E-state index in [0.29, 0.717) is 32.8 Å². The number of hydrogen-bond donors (Lipinski definition) is 0. The first-order chi connectivity index (χ1) is 11.7. The fraction of sp³-hybridized carbons (Fsp3) is 0.667. The van der Waals surface area contributed by atoms with Gasteiger partial charge >= 0.3 is 5.97 Å². The lowest BCUT2D eigenvalue weighted by molar-refractivity contribution is -0.160. The Morgan fingerprint density at radius 3 is 1.92 bits per heavy atom. The minimum atomic E-state index is -0.496. The van der Waals surface area contributed by atoms with Gasteiger partial charge in [0.05, 0.1) is 19.6 Å². The monoisotopic (exact) mass is 350 g/mol. The number of carbonyl (C=O) groups is 1. The Hall–Kier alpha value is -1.39. The summed E-state index contributed by atoms with van der Waals surface area (Å²) in [5.74, 6) is -0.209. The maximum Gasteiger partial charge on any atom is 0.307 e. The van der Waals surface area contributed by atoms with Crippen molar-refractivity contribution < 1.29 is 19.0 Å². The molecule has 0 aliphatic heterocycles. The third kappa shape index (κ3) is 8.50. The van der Waals surface area contributed by atoms with E-state index in [0.717, 1.165) is 0 Å². The van der Waals surface area contributed by atoms with Crippen LogP contribution in [0.1, 0.15) is 52.2 Å². The number of ether oxygens (including phenoxy) is 3. The van der Waals surface area contributed by atoms with Crippen molar-refractivity contribution >= 4 is 5.97 Å². The third-order valence-electron chi connectivity index (χ3n) is 3.86. The molecule has 25 heavy (non-hydrogen) atoms. The molecular formula is C21H34O4. The van der Waals surface area contributed by atoms with Crippen molar-refractivity contribution in [3.63, 3.8) is 0 Å². The van der Waals surface area contributed by atoms with Crippen molar-refractivity contribution in [2.75, 3.05) is 26.4 Å². The van der Waals surface area contributed by atoms with Crippen LogP contribution in [0, 0.1) is 12.3 Å². The molecule has 0 bridgehead atoms. The average Bonchev–Trinajstić information content (AvgIpc) is 2.51. The zero-order valence-electron chi connectivity index (χ0n) is 16.7. The molecule has 1 aromatic rings. The summed E-state index contributed by atoms with van der Waals surface area (Å²) in [4.78, 5) is 12.5. The van der Waals surface area contributed by atoms with Gasteiger partial charge in [-0.15, -0.1) is 0 Å². The van der Waals surface area contributed by atoms with Gasteiger partial charge in [-0.25, -0.2) is 0 Å². The van der Waals surface area contributed by atoms with Gasteiger partial charge in [0.25, 0.3) is 0 Å². The average molecular weight is 350 g/mol. The Bertz CT molecular complexity index is 506. The van der Waals surface area contributed by atoms with Crippen LogP contribution in [0.5, 0.6) is 0 Å². The van der Waals surface area contributed by atoms with Gasteiger partial charge in [-0.2, -0.15) is 0 Å². The van der Waals surface area contributed by atoms with Gasteiger partial charge in [0.1, 0.15) is 5.60 Å². The topological polar surface area (TPSA) is 44.8 Å². The van der Waals surface area contributed by atoms with E-state index >= 15 is 0 Å². The van der Waals surface area contributed by atoms with Crippen LogP contribution in [-0.4, -0.2) is 38.0 Å². The number of carbonyl (C=O) groups excluding carboxylic acids is 1. The molecule has 0 atom stereocenters. The van der Waals surface area contributed by atoms with Gasteiger partial charge in [0.2, 0.25) is 0 Å². The van der Waals surface area contributed by atoms with Crippen molar-refractivity contribution in [1.82, 2.24) is 0 Å². The van der Waals surface area contributed by atoms with Crippen LogP contribution in [0.3, 0.4) is 0 Å². The summed E-state index contributed by atoms with van der Waals surface area (Å²) in [5.41, 5.74) is 1.47. The molecule has 1 rings (SSSR count). The highest BCUT2D eigenvalue weighted by Gasteiger charge is 2.36. The van der Waals surface area contributed by atoms with Gasteiger partial charge in [0, 0.05) is 18.6 Å². The predicted octanol–water partition coefficient (Wildman–Crippen LogP) is 4.33. The van der Waals surface area contributed by atoms with Gasteiger partial charge in [-0.05, 0) is 53.5 Å². The van der Waals surface area contributed by atoms with Crippen LogP contribution in [-0.2, 0) is 25.4 Å². The van der Waals surface area contributed by atoms with E-state index in [-0.39, 0.29) is 12.4 Å². The third-order valence-corrected chi connectivity index (χ3v) is 3.86. The first-order valence-electron chi connectivity index (χ1n) is 9.12. The molecule has 1 aromatic carbocycles. The van der Waals surface area contributed by atoms with E-state index in [9.17, 15) is 4.79 Å². The Balaban J connectivity index is 3.02. The second-order valence-electron chi connectivity index (χ2n) is 7.70. The molecule has 0 unspecified atom stereocenters. The molecule has 0 heterocycles. The Kier molecular flexibility index (Phi) is 8.60. The van der Waals surface area contributed by atoms with Crippen molar-refractivity contribution in [2.24, 2.45) is 5.41 Å². The van der Waals surface area contributed by atoms with E-state index in [4.69, 9.17) is 14.2 Å². The molecule has 0 N–H and O–H groups in total. The van der Waals surface area contributed by atoms with Gasteiger partial charge in [-0.3, -0.25) is 4.79 Å².